The SMILES string of the molecule is COc1cccc(-c2ccc([C@H](CC(=O)O)NC(=O)Nc3c(O)ccn(C)c3=O)s2)c1. The molecule has 3 aromatic rings. The van der Waals surface area contributed by atoms with E-state index in [0.717, 1.165) is 10.4 Å². The number of benzene rings is 1. The zero-order valence-electron chi connectivity index (χ0n) is 16.8. The van der Waals surface area contributed by atoms with Gasteiger partial charge in [-0.1, -0.05) is 12.1 Å². The molecule has 0 fully saturated rings. The molecular weight excluding hydrogens is 422 g/mol. The lowest BCUT2D eigenvalue weighted by Crippen LogP contribution is -2.35. The van der Waals surface area contributed by atoms with Gasteiger partial charge in [0.1, 0.15) is 11.5 Å². The maximum absolute atomic E-state index is 12.5. The number of aliphatic carboxylic acids is 1. The van der Waals surface area contributed by atoms with Crippen LogP contribution in [0.4, 0.5) is 10.5 Å². The van der Waals surface area contributed by atoms with E-state index in [0.29, 0.717) is 10.6 Å². The van der Waals surface area contributed by atoms with Crippen LogP contribution in [0.25, 0.3) is 10.4 Å². The van der Waals surface area contributed by atoms with Gasteiger partial charge in [0, 0.05) is 23.0 Å². The van der Waals surface area contributed by atoms with Gasteiger partial charge in [-0.3, -0.25) is 9.59 Å². The van der Waals surface area contributed by atoms with Crippen molar-refractivity contribution in [3.63, 3.8) is 0 Å². The van der Waals surface area contributed by atoms with Crippen LogP contribution in [0.5, 0.6) is 11.5 Å². The van der Waals surface area contributed by atoms with E-state index in [4.69, 9.17) is 4.74 Å². The van der Waals surface area contributed by atoms with Crippen LogP contribution < -0.4 is 20.9 Å². The number of ether oxygens (including phenoxy) is 1. The third kappa shape index (κ3) is 5.23. The predicted molar refractivity (Wildman–Crippen MR) is 117 cm³/mol. The number of rotatable bonds is 7. The first-order chi connectivity index (χ1) is 14.8. The zero-order valence-corrected chi connectivity index (χ0v) is 17.6. The highest BCUT2D eigenvalue weighted by Crippen LogP contribution is 2.34. The van der Waals surface area contributed by atoms with Gasteiger partial charge in [-0.2, -0.15) is 0 Å². The van der Waals surface area contributed by atoms with E-state index < -0.39 is 23.6 Å². The number of carboxylic acids is 1. The summed E-state index contributed by atoms with van der Waals surface area (Å²) in [6.45, 7) is 0. The van der Waals surface area contributed by atoms with Crippen LogP contribution in [0, 0.1) is 0 Å². The summed E-state index contributed by atoms with van der Waals surface area (Å²) in [5.74, 6) is -0.791. The number of nitrogens with zero attached hydrogens (tertiary/aromatic N) is 1. The van der Waals surface area contributed by atoms with Crippen molar-refractivity contribution in [2.45, 2.75) is 12.5 Å². The molecule has 0 saturated carbocycles. The quantitative estimate of drug-likeness (QED) is 0.444. The van der Waals surface area contributed by atoms with Crippen LogP contribution in [-0.4, -0.2) is 33.9 Å². The Morgan fingerprint density at radius 2 is 2.00 bits per heavy atom. The Bertz CT molecular complexity index is 1170. The third-order valence-electron chi connectivity index (χ3n) is 4.49. The number of hydrogen-bond acceptors (Lipinski definition) is 6. The van der Waals surface area contributed by atoms with Crippen LogP contribution >= 0.6 is 11.3 Å². The fraction of sp³-hybridized carbons (Fsp3) is 0.190. The summed E-state index contributed by atoms with van der Waals surface area (Å²) >= 11 is 1.34. The largest absolute Gasteiger partial charge is 0.505 e. The molecule has 10 heteroatoms. The number of carboxylic acid groups (broad SMARTS) is 1. The van der Waals surface area contributed by atoms with Gasteiger partial charge in [0.2, 0.25) is 0 Å². The van der Waals surface area contributed by atoms with Crippen LogP contribution in [-0.2, 0) is 11.8 Å². The molecule has 0 bridgehead atoms. The van der Waals surface area contributed by atoms with Crippen molar-refractivity contribution < 1.29 is 24.5 Å². The number of pyridine rings is 1. The third-order valence-corrected chi connectivity index (χ3v) is 5.74. The Hall–Kier alpha value is -3.79. The standard InChI is InChI=1S/C21H21N3O6S/c1-24-9-8-15(25)19(20(24)28)23-21(29)22-14(11-18(26)27)17-7-6-16(31-17)12-4-3-5-13(10-12)30-2/h3-10,14,25H,11H2,1-2H3,(H,26,27)(H2,22,23,29)/t14-/m0/s1. The molecule has 162 valence electrons. The van der Waals surface area contributed by atoms with E-state index in [1.165, 1.54) is 35.2 Å². The Labute approximate surface area is 181 Å². The highest BCUT2D eigenvalue weighted by Gasteiger charge is 2.22. The number of nitrogens with one attached hydrogen (secondary N) is 2. The second-order valence-electron chi connectivity index (χ2n) is 6.67. The number of urea groups is 1. The molecule has 2 heterocycles. The molecule has 9 nitrogen and oxygen atoms in total. The molecule has 2 amide bonds. The van der Waals surface area contributed by atoms with E-state index in [1.807, 2.05) is 30.3 Å². The lowest BCUT2D eigenvalue weighted by atomic mass is 10.1. The summed E-state index contributed by atoms with van der Waals surface area (Å²) in [5, 5.41) is 24.0. The summed E-state index contributed by atoms with van der Waals surface area (Å²) in [6, 6.07) is 10.6. The molecule has 0 aliphatic carbocycles. The van der Waals surface area contributed by atoms with E-state index in [2.05, 4.69) is 10.6 Å². The Balaban J connectivity index is 1.82. The fourth-order valence-electron chi connectivity index (χ4n) is 2.91. The van der Waals surface area contributed by atoms with Crippen molar-refractivity contribution in [1.82, 2.24) is 9.88 Å². The van der Waals surface area contributed by atoms with Crippen molar-refractivity contribution in [1.29, 1.82) is 0 Å². The van der Waals surface area contributed by atoms with Crippen molar-refractivity contribution in [2.24, 2.45) is 7.05 Å². The minimum atomic E-state index is -1.10. The van der Waals surface area contributed by atoms with Gasteiger partial charge < -0.3 is 30.2 Å². The second-order valence-corrected chi connectivity index (χ2v) is 7.79. The zero-order chi connectivity index (χ0) is 22.5. The average molecular weight is 443 g/mol. The summed E-state index contributed by atoms with van der Waals surface area (Å²) in [5.41, 5.74) is 0.00743. The minimum absolute atomic E-state index is 0.292. The minimum Gasteiger partial charge on any atom is -0.505 e. The van der Waals surface area contributed by atoms with Gasteiger partial charge in [-0.15, -0.1) is 11.3 Å². The van der Waals surface area contributed by atoms with Crippen LogP contribution in [0.3, 0.4) is 0 Å². The number of aromatic hydroxyl groups is 1. The average Bonchev–Trinajstić information content (AvgIpc) is 3.23. The van der Waals surface area contributed by atoms with E-state index in [-0.39, 0.29) is 17.9 Å². The maximum atomic E-state index is 12.5. The highest BCUT2D eigenvalue weighted by atomic mass is 32.1. The molecule has 0 radical (unpaired) electrons. The summed E-state index contributed by atoms with van der Waals surface area (Å²) in [4.78, 5) is 37.5. The number of anilines is 1. The van der Waals surface area contributed by atoms with Gasteiger partial charge in [0.15, 0.2) is 5.69 Å². The molecule has 0 unspecified atom stereocenters. The molecule has 1 atom stereocenters. The van der Waals surface area contributed by atoms with Gasteiger partial charge >= 0.3 is 12.0 Å². The molecule has 0 saturated heterocycles. The number of methoxy groups -OCH3 is 1. The molecule has 1 aromatic carbocycles. The van der Waals surface area contributed by atoms with Crippen molar-refractivity contribution in [2.75, 3.05) is 12.4 Å². The summed E-state index contributed by atoms with van der Waals surface area (Å²) < 4.78 is 6.43. The number of carbonyl (C=O) groups is 2. The Morgan fingerprint density at radius 3 is 2.71 bits per heavy atom. The van der Waals surface area contributed by atoms with Crippen molar-refractivity contribution in [3.05, 3.63) is 63.9 Å². The number of aromatic nitrogens is 1. The first kappa shape index (κ1) is 21.9. The maximum Gasteiger partial charge on any atom is 0.320 e. The fourth-order valence-corrected chi connectivity index (χ4v) is 3.97. The number of aryl methyl sites for hydroxylation is 1. The first-order valence-corrected chi connectivity index (χ1v) is 10.0. The van der Waals surface area contributed by atoms with E-state index in [9.17, 15) is 24.6 Å². The first-order valence-electron chi connectivity index (χ1n) is 9.20. The van der Waals surface area contributed by atoms with Crippen molar-refractivity contribution in [3.8, 4) is 21.9 Å². The molecule has 31 heavy (non-hydrogen) atoms. The molecule has 0 aliphatic heterocycles. The summed E-state index contributed by atoms with van der Waals surface area (Å²) in [6.07, 6.45) is 1.00. The van der Waals surface area contributed by atoms with Crippen molar-refractivity contribution >= 4 is 29.0 Å². The number of thiophene rings is 1. The number of carbonyl (C=O) groups excluding carboxylic acids is 1. The molecule has 0 spiro atoms. The Kier molecular flexibility index (Phi) is 6.61. The van der Waals surface area contributed by atoms with E-state index >= 15 is 0 Å². The molecule has 3 rings (SSSR count). The predicted octanol–water partition coefficient (Wildman–Crippen LogP) is 3.17. The number of hydrogen-bond donors (Lipinski definition) is 4. The van der Waals surface area contributed by atoms with Gasteiger partial charge in [-0.05, 0) is 35.9 Å². The van der Waals surface area contributed by atoms with Crippen LogP contribution in [0.1, 0.15) is 17.3 Å². The molecule has 4 N–H and O–H groups in total. The van der Waals surface area contributed by atoms with E-state index in [1.54, 1.807) is 13.2 Å². The molecule has 2 aromatic heterocycles. The lowest BCUT2D eigenvalue weighted by Gasteiger charge is -2.16. The molecule has 0 aliphatic rings. The normalized spacial score (nSPS) is 11.5. The summed E-state index contributed by atoms with van der Waals surface area (Å²) in [7, 11) is 3.05. The smallest absolute Gasteiger partial charge is 0.320 e. The second kappa shape index (κ2) is 9.35. The highest BCUT2D eigenvalue weighted by molar-refractivity contribution is 7.15. The topological polar surface area (TPSA) is 130 Å². The number of amides is 2. The van der Waals surface area contributed by atoms with Gasteiger partial charge in [0.25, 0.3) is 5.56 Å². The monoisotopic (exact) mass is 443 g/mol. The van der Waals surface area contributed by atoms with Crippen LogP contribution in [0.15, 0.2) is 53.5 Å². The lowest BCUT2D eigenvalue weighted by molar-refractivity contribution is -0.137. The molecular formula is C21H21N3O6S. The van der Waals surface area contributed by atoms with Crippen LogP contribution in [0.2, 0.25) is 0 Å². The van der Waals surface area contributed by atoms with Gasteiger partial charge in [-0.25, -0.2) is 4.79 Å². The Morgan fingerprint density at radius 1 is 1.23 bits per heavy atom. The van der Waals surface area contributed by atoms with Gasteiger partial charge in [0.05, 0.1) is 19.6 Å².